The molecule has 1 saturated carbocycles. The molecule has 1 aliphatic heterocycles. The number of likely N-dealkylation sites (tertiary alicyclic amines) is 1. The molecule has 0 unspecified atom stereocenters. The Balaban J connectivity index is 1.46. The van der Waals surface area contributed by atoms with Crippen molar-refractivity contribution in [3.63, 3.8) is 0 Å². The first-order valence-corrected chi connectivity index (χ1v) is 10.4. The lowest BCUT2D eigenvalue weighted by molar-refractivity contribution is -0.149. The first-order valence-electron chi connectivity index (χ1n) is 10.4. The van der Waals surface area contributed by atoms with Gasteiger partial charge in [0.1, 0.15) is 0 Å². The summed E-state index contributed by atoms with van der Waals surface area (Å²) in [5.74, 6) is 0.444. The number of amides is 2. The molecule has 3 rings (SSSR count). The molecule has 5 heteroatoms. The van der Waals surface area contributed by atoms with Gasteiger partial charge in [-0.3, -0.25) is 4.79 Å². The van der Waals surface area contributed by atoms with Crippen molar-refractivity contribution in [1.29, 1.82) is 0 Å². The van der Waals surface area contributed by atoms with Crippen molar-refractivity contribution < 1.29 is 14.3 Å². The van der Waals surface area contributed by atoms with Gasteiger partial charge in [0.25, 0.3) is 0 Å². The van der Waals surface area contributed by atoms with Crippen LogP contribution < -0.4 is 5.32 Å². The number of carbonyl (C=O) groups is 2. The van der Waals surface area contributed by atoms with Crippen LogP contribution in [0.2, 0.25) is 0 Å². The molecule has 5 nitrogen and oxygen atoms in total. The highest BCUT2D eigenvalue weighted by molar-refractivity contribution is 5.75. The van der Waals surface area contributed by atoms with Crippen molar-refractivity contribution >= 4 is 12.0 Å². The van der Waals surface area contributed by atoms with E-state index in [1.807, 2.05) is 11.8 Å². The van der Waals surface area contributed by atoms with E-state index >= 15 is 0 Å². The van der Waals surface area contributed by atoms with E-state index in [-0.39, 0.29) is 24.0 Å². The molecule has 1 aliphatic carbocycles. The lowest BCUT2D eigenvalue weighted by Crippen LogP contribution is -2.42. The predicted octanol–water partition coefficient (Wildman–Crippen LogP) is 4.21. The fourth-order valence-corrected chi connectivity index (χ4v) is 4.34. The number of ether oxygens (including phenoxy) is 1. The maximum atomic E-state index is 12.7. The first-order chi connectivity index (χ1) is 13.1. The van der Waals surface area contributed by atoms with E-state index in [9.17, 15) is 9.59 Å². The lowest BCUT2D eigenvalue weighted by atomic mass is 9.82. The van der Waals surface area contributed by atoms with Gasteiger partial charge in [0, 0.05) is 13.1 Å². The number of hydrogen-bond acceptors (Lipinski definition) is 3. The number of nitrogens with zero attached hydrogens (tertiary/aromatic N) is 1. The van der Waals surface area contributed by atoms with E-state index < -0.39 is 0 Å². The quantitative estimate of drug-likeness (QED) is 0.788. The molecule has 1 N–H and O–H groups in total. The zero-order chi connectivity index (χ0) is 19.2. The molecule has 148 valence electrons. The predicted molar refractivity (Wildman–Crippen MR) is 105 cm³/mol. The van der Waals surface area contributed by atoms with Gasteiger partial charge < -0.3 is 15.0 Å². The molecule has 1 heterocycles. The summed E-state index contributed by atoms with van der Waals surface area (Å²) in [6.07, 6.45) is 5.78. The van der Waals surface area contributed by atoms with Crippen LogP contribution in [0.5, 0.6) is 0 Å². The standard InChI is InChI=1S/C22H32N2O3/c1-3-27-21(25)19-12-8-17(9-13-19)15-23-22(26)24-14-4-5-20(24)18-10-6-16(2)7-11-18/h6-7,10-11,17,19-20H,3-5,8-9,12-15H2,1-2H3,(H,23,26)/t17?,19?,20-/m1/s1. The number of benzene rings is 1. The third kappa shape index (κ3) is 5.02. The molecular weight excluding hydrogens is 340 g/mol. The van der Waals surface area contributed by atoms with E-state index in [0.29, 0.717) is 19.1 Å². The summed E-state index contributed by atoms with van der Waals surface area (Å²) in [6, 6.07) is 8.75. The molecule has 0 radical (unpaired) electrons. The molecule has 1 aromatic rings. The molecule has 0 spiro atoms. The molecule has 2 fully saturated rings. The molecule has 1 atom stereocenters. The minimum atomic E-state index is -0.0574. The maximum absolute atomic E-state index is 12.7. The van der Waals surface area contributed by atoms with Crippen LogP contribution in [0, 0.1) is 18.8 Å². The monoisotopic (exact) mass is 372 g/mol. The fraction of sp³-hybridized carbons (Fsp3) is 0.636. The van der Waals surface area contributed by atoms with Crippen LogP contribution in [0.25, 0.3) is 0 Å². The normalized spacial score (nSPS) is 25.3. The van der Waals surface area contributed by atoms with Crippen molar-refractivity contribution in [3.8, 4) is 0 Å². The second-order valence-corrected chi connectivity index (χ2v) is 7.92. The van der Waals surface area contributed by atoms with Crippen molar-refractivity contribution in [2.75, 3.05) is 19.7 Å². The van der Waals surface area contributed by atoms with Gasteiger partial charge in [-0.05, 0) is 63.9 Å². The van der Waals surface area contributed by atoms with Gasteiger partial charge in [-0.2, -0.15) is 0 Å². The van der Waals surface area contributed by atoms with Crippen LogP contribution in [-0.4, -0.2) is 36.6 Å². The fourth-order valence-electron chi connectivity index (χ4n) is 4.34. The van der Waals surface area contributed by atoms with Gasteiger partial charge >= 0.3 is 12.0 Å². The minimum Gasteiger partial charge on any atom is -0.466 e. The van der Waals surface area contributed by atoms with Gasteiger partial charge in [-0.15, -0.1) is 0 Å². The van der Waals surface area contributed by atoms with Gasteiger partial charge in [0.05, 0.1) is 18.6 Å². The van der Waals surface area contributed by atoms with Crippen molar-refractivity contribution in [1.82, 2.24) is 10.2 Å². The highest BCUT2D eigenvalue weighted by atomic mass is 16.5. The summed E-state index contributed by atoms with van der Waals surface area (Å²) in [6.45, 7) is 5.90. The Kier molecular flexibility index (Phi) is 6.75. The summed E-state index contributed by atoms with van der Waals surface area (Å²) in [7, 11) is 0. The molecule has 27 heavy (non-hydrogen) atoms. The third-order valence-corrected chi connectivity index (χ3v) is 5.98. The Labute approximate surface area is 162 Å². The number of rotatable bonds is 5. The van der Waals surface area contributed by atoms with E-state index in [4.69, 9.17) is 4.74 Å². The molecule has 1 saturated heterocycles. The second-order valence-electron chi connectivity index (χ2n) is 7.92. The third-order valence-electron chi connectivity index (χ3n) is 5.98. The molecule has 2 amide bonds. The first kappa shape index (κ1) is 19.7. The Morgan fingerprint density at radius 3 is 2.48 bits per heavy atom. The summed E-state index contributed by atoms with van der Waals surface area (Å²) >= 11 is 0. The smallest absolute Gasteiger partial charge is 0.317 e. The largest absolute Gasteiger partial charge is 0.466 e. The Bertz CT molecular complexity index is 635. The molecule has 0 aromatic heterocycles. The molecular formula is C22H32N2O3. The molecule has 2 aliphatic rings. The average molecular weight is 373 g/mol. The maximum Gasteiger partial charge on any atom is 0.317 e. The highest BCUT2D eigenvalue weighted by Gasteiger charge is 2.31. The SMILES string of the molecule is CCOC(=O)C1CCC(CNC(=O)N2CCC[C@@H]2c2ccc(C)cc2)CC1. The number of esters is 1. The molecule has 1 aromatic carbocycles. The number of nitrogens with one attached hydrogen (secondary N) is 1. The zero-order valence-corrected chi connectivity index (χ0v) is 16.6. The number of carbonyl (C=O) groups excluding carboxylic acids is 2. The summed E-state index contributed by atoms with van der Waals surface area (Å²) in [5, 5.41) is 3.15. The molecule has 0 bridgehead atoms. The Hall–Kier alpha value is -2.04. The van der Waals surface area contributed by atoms with E-state index in [1.54, 1.807) is 0 Å². The van der Waals surface area contributed by atoms with Gasteiger partial charge in [-0.25, -0.2) is 4.79 Å². The van der Waals surface area contributed by atoms with Crippen LogP contribution in [-0.2, 0) is 9.53 Å². The minimum absolute atomic E-state index is 0.0430. The van der Waals surface area contributed by atoms with Crippen LogP contribution in [0.15, 0.2) is 24.3 Å². The topological polar surface area (TPSA) is 58.6 Å². The van der Waals surface area contributed by atoms with Crippen LogP contribution in [0.1, 0.15) is 62.6 Å². The van der Waals surface area contributed by atoms with Crippen LogP contribution in [0.3, 0.4) is 0 Å². The zero-order valence-electron chi connectivity index (χ0n) is 16.6. The average Bonchev–Trinajstić information content (AvgIpc) is 3.17. The summed E-state index contributed by atoms with van der Waals surface area (Å²) in [5.41, 5.74) is 2.47. The van der Waals surface area contributed by atoms with Gasteiger partial charge in [-0.1, -0.05) is 29.8 Å². The van der Waals surface area contributed by atoms with Crippen molar-refractivity contribution in [2.24, 2.45) is 11.8 Å². The summed E-state index contributed by atoms with van der Waals surface area (Å²) < 4.78 is 5.13. The number of hydrogen-bond donors (Lipinski definition) is 1. The second kappa shape index (κ2) is 9.25. The number of urea groups is 1. The van der Waals surface area contributed by atoms with Crippen molar-refractivity contribution in [3.05, 3.63) is 35.4 Å². The highest BCUT2D eigenvalue weighted by Crippen LogP contribution is 2.32. The van der Waals surface area contributed by atoms with Gasteiger partial charge in [0.2, 0.25) is 0 Å². The van der Waals surface area contributed by atoms with Crippen LogP contribution >= 0.6 is 0 Å². The van der Waals surface area contributed by atoms with Crippen LogP contribution in [0.4, 0.5) is 4.79 Å². The number of aryl methyl sites for hydroxylation is 1. The van der Waals surface area contributed by atoms with E-state index in [2.05, 4.69) is 36.5 Å². The Morgan fingerprint density at radius 1 is 1.11 bits per heavy atom. The lowest BCUT2D eigenvalue weighted by Gasteiger charge is -2.29. The Morgan fingerprint density at radius 2 is 1.81 bits per heavy atom. The summed E-state index contributed by atoms with van der Waals surface area (Å²) in [4.78, 5) is 26.6. The van der Waals surface area contributed by atoms with E-state index in [1.165, 1.54) is 11.1 Å². The van der Waals surface area contributed by atoms with E-state index in [0.717, 1.165) is 45.1 Å². The van der Waals surface area contributed by atoms with Gasteiger partial charge in [0.15, 0.2) is 0 Å². The van der Waals surface area contributed by atoms with Crippen molar-refractivity contribution in [2.45, 2.75) is 58.4 Å².